The molecular formula is C12H13FN4O4. The molecule has 0 spiro atoms. The van der Waals surface area contributed by atoms with Gasteiger partial charge < -0.3 is 15.0 Å². The van der Waals surface area contributed by atoms with Gasteiger partial charge in [-0.3, -0.25) is 10.1 Å². The maximum atomic E-state index is 13.6. The van der Waals surface area contributed by atoms with Gasteiger partial charge in [0, 0.05) is 6.07 Å². The van der Waals surface area contributed by atoms with Gasteiger partial charge in [-0.05, 0) is 19.9 Å². The van der Waals surface area contributed by atoms with Crippen molar-refractivity contribution in [3.05, 3.63) is 45.8 Å². The highest BCUT2D eigenvalue weighted by molar-refractivity contribution is 5.37. The summed E-state index contributed by atoms with van der Waals surface area (Å²) in [6, 6.07) is 3.08. The fraction of sp³-hybridized carbons (Fsp3) is 0.333. The number of hydrogen-bond donors (Lipinski definition) is 1. The van der Waals surface area contributed by atoms with Crippen molar-refractivity contribution in [3.8, 4) is 5.75 Å². The Morgan fingerprint density at radius 3 is 2.76 bits per heavy atom. The number of benzene rings is 1. The first kappa shape index (κ1) is 14.9. The van der Waals surface area contributed by atoms with Crippen LogP contribution in [0.4, 0.5) is 10.1 Å². The fourth-order valence-electron chi connectivity index (χ4n) is 1.44. The molecule has 0 atom stereocenters. The number of halogens is 1. The molecule has 1 aromatic heterocycles. The second-order valence-electron chi connectivity index (χ2n) is 4.89. The minimum atomic E-state index is -0.844. The maximum Gasteiger partial charge on any atom is 0.272 e. The van der Waals surface area contributed by atoms with E-state index < -0.39 is 16.3 Å². The summed E-state index contributed by atoms with van der Waals surface area (Å²) in [6.45, 7) is 3.24. The first-order chi connectivity index (χ1) is 9.77. The van der Waals surface area contributed by atoms with Crippen LogP contribution in [-0.4, -0.2) is 15.1 Å². The van der Waals surface area contributed by atoms with Gasteiger partial charge in [0.25, 0.3) is 11.6 Å². The molecule has 0 radical (unpaired) electrons. The second kappa shape index (κ2) is 5.44. The second-order valence-corrected chi connectivity index (χ2v) is 4.89. The van der Waals surface area contributed by atoms with E-state index in [1.807, 2.05) is 0 Å². The molecule has 1 aromatic carbocycles. The molecule has 0 bridgehead atoms. The van der Waals surface area contributed by atoms with Crippen molar-refractivity contribution in [2.45, 2.75) is 26.0 Å². The lowest BCUT2D eigenvalue weighted by Gasteiger charge is -2.11. The summed E-state index contributed by atoms with van der Waals surface area (Å²) in [5.41, 5.74) is 4.68. The predicted molar refractivity (Wildman–Crippen MR) is 68.9 cm³/mol. The number of nitro groups is 1. The molecule has 2 N–H and O–H groups in total. The highest BCUT2D eigenvalue weighted by Crippen LogP contribution is 2.23. The lowest BCUT2D eigenvalue weighted by atomic mass is 10.1. The number of ether oxygens (including phenoxy) is 1. The van der Waals surface area contributed by atoms with Gasteiger partial charge in [-0.15, -0.1) is 0 Å². The molecule has 0 saturated heterocycles. The van der Waals surface area contributed by atoms with E-state index in [-0.39, 0.29) is 23.9 Å². The van der Waals surface area contributed by atoms with Gasteiger partial charge in [-0.1, -0.05) is 5.16 Å². The Kier molecular flexibility index (Phi) is 3.85. The van der Waals surface area contributed by atoms with Gasteiger partial charge in [-0.25, -0.2) is 4.39 Å². The molecule has 0 aliphatic rings. The van der Waals surface area contributed by atoms with Crippen LogP contribution in [0.15, 0.2) is 22.7 Å². The summed E-state index contributed by atoms with van der Waals surface area (Å²) < 4.78 is 23.7. The third-order valence-electron chi connectivity index (χ3n) is 2.52. The summed E-state index contributed by atoms with van der Waals surface area (Å²) in [4.78, 5) is 13.8. The van der Waals surface area contributed by atoms with Crippen molar-refractivity contribution in [2.75, 3.05) is 0 Å². The van der Waals surface area contributed by atoms with E-state index in [1.54, 1.807) is 13.8 Å². The molecule has 21 heavy (non-hydrogen) atoms. The molecule has 8 nitrogen and oxygen atoms in total. The molecule has 0 unspecified atom stereocenters. The number of non-ortho nitro benzene ring substituents is 1. The molecule has 1 heterocycles. The fourth-order valence-corrected chi connectivity index (χ4v) is 1.44. The van der Waals surface area contributed by atoms with Crippen molar-refractivity contribution in [1.29, 1.82) is 0 Å². The molecule has 0 amide bonds. The van der Waals surface area contributed by atoms with Crippen LogP contribution in [0.3, 0.4) is 0 Å². The van der Waals surface area contributed by atoms with Gasteiger partial charge in [0.05, 0.1) is 16.5 Å². The normalized spacial score (nSPS) is 11.4. The number of hydrogen-bond acceptors (Lipinski definition) is 7. The molecule has 0 saturated carbocycles. The average molecular weight is 296 g/mol. The SMILES string of the molecule is CC(C)(N)c1noc(COc2ccc([N+](=O)[O-])cc2F)n1. The van der Waals surface area contributed by atoms with Crippen LogP contribution in [0.5, 0.6) is 5.75 Å². The minimum absolute atomic E-state index is 0.126. The van der Waals surface area contributed by atoms with E-state index in [9.17, 15) is 14.5 Å². The monoisotopic (exact) mass is 296 g/mol. The van der Waals surface area contributed by atoms with Gasteiger partial charge in [0.2, 0.25) is 0 Å². The zero-order chi connectivity index (χ0) is 15.6. The molecule has 9 heteroatoms. The van der Waals surface area contributed by atoms with Crippen molar-refractivity contribution in [3.63, 3.8) is 0 Å². The Hall–Kier alpha value is -2.55. The third kappa shape index (κ3) is 3.51. The molecule has 0 aliphatic carbocycles. The van der Waals surface area contributed by atoms with Crippen molar-refractivity contribution in [1.82, 2.24) is 10.1 Å². The van der Waals surface area contributed by atoms with Crippen LogP contribution < -0.4 is 10.5 Å². The van der Waals surface area contributed by atoms with Crippen molar-refractivity contribution < 1.29 is 18.6 Å². The van der Waals surface area contributed by atoms with Crippen LogP contribution >= 0.6 is 0 Å². The summed E-state index contributed by atoms with van der Waals surface area (Å²) in [6.07, 6.45) is 0. The Morgan fingerprint density at radius 1 is 1.52 bits per heavy atom. The van der Waals surface area contributed by atoms with Crippen LogP contribution in [0, 0.1) is 15.9 Å². The van der Waals surface area contributed by atoms with Gasteiger partial charge in [0.15, 0.2) is 24.0 Å². The van der Waals surface area contributed by atoms with Crippen molar-refractivity contribution >= 4 is 5.69 Å². The van der Waals surface area contributed by atoms with E-state index in [2.05, 4.69) is 10.1 Å². The number of rotatable bonds is 5. The molecular weight excluding hydrogens is 283 g/mol. The van der Waals surface area contributed by atoms with E-state index in [4.69, 9.17) is 15.0 Å². The number of nitrogens with zero attached hydrogens (tertiary/aromatic N) is 3. The van der Waals surface area contributed by atoms with Gasteiger partial charge in [0.1, 0.15) is 0 Å². The summed E-state index contributed by atoms with van der Waals surface area (Å²) in [5.74, 6) is -0.568. The van der Waals surface area contributed by atoms with E-state index in [1.165, 1.54) is 0 Å². The molecule has 112 valence electrons. The molecule has 0 aliphatic heterocycles. The minimum Gasteiger partial charge on any atom is -0.481 e. The highest BCUT2D eigenvalue weighted by atomic mass is 19.1. The standard InChI is InChI=1S/C12H13FN4O4/c1-12(2,14)11-15-10(21-16-11)6-20-9-4-3-7(17(18)19)5-8(9)13/h3-5H,6,14H2,1-2H3. The van der Waals surface area contributed by atoms with Crippen molar-refractivity contribution in [2.24, 2.45) is 5.73 Å². The number of nitrogens with two attached hydrogens (primary N) is 1. The van der Waals surface area contributed by atoms with Crippen LogP contribution in [0.1, 0.15) is 25.6 Å². The van der Waals surface area contributed by atoms with Crippen LogP contribution in [0.2, 0.25) is 0 Å². The summed E-state index contributed by atoms with van der Waals surface area (Å²) >= 11 is 0. The smallest absolute Gasteiger partial charge is 0.272 e. The summed E-state index contributed by atoms with van der Waals surface area (Å²) in [5, 5.41) is 14.2. The van der Waals surface area contributed by atoms with Crippen LogP contribution in [-0.2, 0) is 12.1 Å². The van der Waals surface area contributed by atoms with Crippen LogP contribution in [0.25, 0.3) is 0 Å². The lowest BCUT2D eigenvalue weighted by molar-refractivity contribution is -0.385. The molecule has 2 aromatic rings. The largest absolute Gasteiger partial charge is 0.481 e. The first-order valence-electron chi connectivity index (χ1n) is 5.96. The Labute approximate surface area is 118 Å². The maximum absolute atomic E-state index is 13.6. The molecule has 0 fully saturated rings. The van der Waals surface area contributed by atoms with E-state index >= 15 is 0 Å². The van der Waals surface area contributed by atoms with E-state index in [0.29, 0.717) is 5.82 Å². The zero-order valence-corrected chi connectivity index (χ0v) is 11.4. The Morgan fingerprint density at radius 2 is 2.24 bits per heavy atom. The highest BCUT2D eigenvalue weighted by Gasteiger charge is 2.22. The van der Waals surface area contributed by atoms with Gasteiger partial charge in [-0.2, -0.15) is 4.98 Å². The van der Waals surface area contributed by atoms with Gasteiger partial charge >= 0.3 is 0 Å². The summed E-state index contributed by atoms with van der Waals surface area (Å²) in [7, 11) is 0. The Bertz CT molecular complexity index is 666. The number of aromatic nitrogens is 2. The third-order valence-corrected chi connectivity index (χ3v) is 2.52. The predicted octanol–water partition coefficient (Wildman–Crippen LogP) is 1.89. The lowest BCUT2D eigenvalue weighted by Crippen LogP contribution is -2.30. The average Bonchev–Trinajstić information content (AvgIpc) is 2.85. The Balaban J connectivity index is 2.06. The number of nitro benzene ring substituents is 1. The molecule has 2 rings (SSSR count). The first-order valence-corrected chi connectivity index (χ1v) is 5.96. The topological polar surface area (TPSA) is 117 Å². The quantitative estimate of drug-likeness (QED) is 0.661. The zero-order valence-electron chi connectivity index (χ0n) is 11.4. The van der Waals surface area contributed by atoms with E-state index in [0.717, 1.165) is 18.2 Å².